The molecule has 0 saturated carbocycles. The smallest absolute Gasteiger partial charge is 0.416 e. The van der Waals surface area contributed by atoms with Crippen LogP contribution in [0, 0.1) is 0 Å². The van der Waals surface area contributed by atoms with Gasteiger partial charge < -0.3 is 19.4 Å². The molecule has 14 heteroatoms. The summed E-state index contributed by atoms with van der Waals surface area (Å²) in [7, 11) is 0. The van der Waals surface area contributed by atoms with Gasteiger partial charge in [-0.25, -0.2) is 4.68 Å². The number of carbonyl (C=O) groups excluding carboxylic acids is 2. The molecule has 4 aromatic rings. The first-order valence-electron chi connectivity index (χ1n) is 14.6. The molecule has 45 heavy (non-hydrogen) atoms. The monoisotopic (exact) mass is 622 g/mol. The van der Waals surface area contributed by atoms with E-state index in [1.165, 1.54) is 21.8 Å². The van der Waals surface area contributed by atoms with Crippen molar-refractivity contribution in [3.63, 3.8) is 0 Å². The van der Waals surface area contributed by atoms with E-state index in [-0.39, 0.29) is 35.9 Å². The summed E-state index contributed by atoms with van der Waals surface area (Å²) in [4.78, 5) is 35.3. The Bertz CT molecular complexity index is 1650. The lowest BCUT2D eigenvalue weighted by atomic mass is 10.1. The Balaban J connectivity index is 1.32. The number of amides is 2. The predicted octanol–water partition coefficient (Wildman–Crippen LogP) is 4.59. The lowest BCUT2D eigenvalue weighted by Crippen LogP contribution is -2.49. The molecule has 0 aliphatic carbocycles. The van der Waals surface area contributed by atoms with Crippen LogP contribution in [0.2, 0.25) is 0 Å². The van der Waals surface area contributed by atoms with E-state index < -0.39 is 17.6 Å². The van der Waals surface area contributed by atoms with Gasteiger partial charge in [0.15, 0.2) is 11.5 Å². The Labute approximate surface area is 258 Å². The van der Waals surface area contributed by atoms with Crippen molar-refractivity contribution in [2.45, 2.75) is 26.9 Å². The fourth-order valence-corrected chi connectivity index (χ4v) is 5.07. The summed E-state index contributed by atoms with van der Waals surface area (Å²) in [5.41, 5.74) is 0.610. The molecular formula is C31H33F3N8O3. The van der Waals surface area contributed by atoms with Crippen molar-refractivity contribution in [3.05, 3.63) is 78.0 Å². The molecule has 0 unspecified atom stereocenters. The number of hydrogen-bond donors (Lipinski definition) is 0. The third-order valence-electron chi connectivity index (χ3n) is 7.51. The molecule has 3 aromatic heterocycles. The van der Waals surface area contributed by atoms with Crippen LogP contribution in [0.5, 0.6) is 5.75 Å². The summed E-state index contributed by atoms with van der Waals surface area (Å²) in [6.45, 7) is 8.53. The first-order valence-corrected chi connectivity index (χ1v) is 14.6. The van der Waals surface area contributed by atoms with Crippen LogP contribution in [-0.2, 0) is 6.18 Å². The number of hydrogen-bond acceptors (Lipinski definition) is 8. The maximum Gasteiger partial charge on any atom is 0.416 e. The second kappa shape index (κ2) is 13.3. The third kappa shape index (κ3) is 7.05. The highest BCUT2D eigenvalue weighted by molar-refractivity contribution is 5.95. The molecule has 0 N–H and O–H groups in total. The zero-order valence-corrected chi connectivity index (χ0v) is 25.2. The lowest BCUT2D eigenvalue weighted by Gasteiger charge is -2.35. The molecule has 11 nitrogen and oxygen atoms in total. The molecule has 5 rings (SSSR count). The number of pyridine rings is 1. The van der Waals surface area contributed by atoms with Gasteiger partial charge in [0, 0.05) is 68.4 Å². The molecule has 1 aromatic carbocycles. The number of anilines is 1. The minimum absolute atomic E-state index is 0.0932. The van der Waals surface area contributed by atoms with Crippen molar-refractivity contribution in [1.29, 1.82) is 0 Å². The van der Waals surface area contributed by atoms with E-state index in [0.717, 1.165) is 12.1 Å². The molecule has 4 heterocycles. The van der Waals surface area contributed by atoms with Crippen molar-refractivity contribution in [3.8, 4) is 22.6 Å². The van der Waals surface area contributed by atoms with E-state index in [9.17, 15) is 22.8 Å². The molecule has 1 aliphatic heterocycles. The standard InChI is InChI=1S/C31H33F3N8O3/c1-4-39(5-2)30(44)27-7-8-28(38-37-27)40-9-11-41(12-10-40)29(43)21-13-24(31(32,33)34)16-25(14-21)42-20-23(18-36-42)22-15-26(45-6-3)19-35-17-22/h7-8,13-20H,4-6,9-12H2,1-3H3. The van der Waals surface area contributed by atoms with Crippen LogP contribution in [0.4, 0.5) is 19.0 Å². The van der Waals surface area contributed by atoms with Crippen LogP contribution in [-0.4, -0.2) is 92.5 Å². The van der Waals surface area contributed by atoms with Gasteiger partial charge in [-0.15, -0.1) is 10.2 Å². The zero-order chi connectivity index (χ0) is 32.1. The van der Waals surface area contributed by atoms with Crippen LogP contribution >= 0.6 is 0 Å². The molecule has 0 radical (unpaired) electrons. The fraction of sp³-hybridized carbons (Fsp3) is 0.355. The minimum Gasteiger partial charge on any atom is -0.492 e. The van der Waals surface area contributed by atoms with Gasteiger partial charge in [-0.3, -0.25) is 14.6 Å². The summed E-state index contributed by atoms with van der Waals surface area (Å²) in [6.07, 6.45) is 1.60. The van der Waals surface area contributed by atoms with Gasteiger partial charge in [-0.05, 0) is 57.2 Å². The van der Waals surface area contributed by atoms with Crippen LogP contribution < -0.4 is 9.64 Å². The molecule has 1 aliphatic rings. The number of piperazine rings is 1. The van der Waals surface area contributed by atoms with Crippen molar-refractivity contribution in [2.75, 3.05) is 50.8 Å². The third-order valence-corrected chi connectivity index (χ3v) is 7.51. The molecule has 0 bridgehead atoms. The highest BCUT2D eigenvalue weighted by Gasteiger charge is 2.33. The molecule has 0 atom stereocenters. The Kier molecular flexibility index (Phi) is 9.30. The maximum atomic E-state index is 13.9. The maximum absolute atomic E-state index is 13.9. The van der Waals surface area contributed by atoms with Gasteiger partial charge in [-0.1, -0.05) is 0 Å². The number of halogens is 3. The van der Waals surface area contributed by atoms with E-state index in [1.54, 1.807) is 41.7 Å². The van der Waals surface area contributed by atoms with Crippen LogP contribution in [0.3, 0.4) is 0 Å². The quantitative estimate of drug-likeness (QED) is 0.267. The van der Waals surface area contributed by atoms with Gasteiger partial charge in [0.1, 0.15) is 5.75 Å². The molecule has 236 valence electrons. The second-order valence-corrected chi connectivity index (χ2v) is 10.3. The van der Waals surface area contributed by atoms with E-state index in [1.807, 2.05) is 25.7 Å². The van der Waals surface area contributed by atoms with Crippen molar-refractivity contribution < 1.29 is 27.5 Å². The number of aromatic nitrogens is 5. The minimum atomic E-state index is -4.67. The van der Waals surface area contributed by atoms with Crippen molar-refractivity contribution in [1.82, 2.24) is 34.8 Å². The van der Waals surface area contributed by atoms with Gasteiger partial charge in [0.05, 0.1) is 30.3 Å². The van der Waals surface area contributed by atoms with Gasteiger partial charge in [-0.2, -0.15) is 18.3 Å². The Morgan fingerprint density at radius 2 is 1.67 bits per heavy atom. The normalized spacial score (nSPS) is 13.6. The van der Waals surface area contributed by atoms with Crippen LogP contribution in [0.15, 0.2) is 61.2 Å². The zero-order valence-electron chi connectivity index (χ0n) is 25.2. The largest absolute Gasteiger partial charge is 0.492 e. The topological polar surface area (TPSA) is 110 Å². The Morgan fingerprint density at radius 3 is 2.31 bits per heavy atom. The summed E-state index contributed by atoms with van der Waals surface area (Å²) in [6, 6.07) is 8.35. The molecule has 1 fully saturated rings. The van der Waals surface area contributed by atoms with Gasteiger partial charge >= 0.3 is 6.18 Å². The van der Waals surface area contributed by atoms with E-state index >= 15 is 0 Å². The van der Waals surface area contributed by atoms with Crippen LogP contribution in [0.1, 0.15) is 47.2 Å². The predicted molar refractivity (Wildman–Crippen MR) is 160 cm³/mol. The Hall–Kier alpha value is -5.01. The first kappa shape index (κ1) is 31.4. The summed E-state index contributed by atoms with van der Waals surface area (Å²) < 4.78 is 48.6. The second-order valence-electron chi connectivity index (χ2n) is 10.3. The molecule has 2 amide bonds. The Morgan fingerprint density at radius 1 is 0.911 bits per heavy atom. The molecule has 1 saturated heterocycles. The highest BCUT2D eigenvalue weighted by atomic mass is 19.4. The number of rotatable bonds is 9. The van der Waals surface area contributed by atoms with E-state index in [2.05, 4.69) is 20.3 Å². The summed E-state index contributed by atoms with van der Waals surface area (Å²) in [5, 5.41) is 12.6. The summed E-state index contributed by atoms with van der Waals surface area (Å²) in [5.74, 6) is 0.392. The number of nitrogens with zero attached hydrogens (tertiary/aromatic N) is 8. The van der Waals surface area contributed by atoms with Gasteiger partial charge in [0.25, 0.3) is 11.8 Å². The fourth-order valence-electron chi connectivity index (χ4n) is 5.07. The number of carbonyl (C=O) groups is 2. The van der Waals surface area contributed by atoms with Crippen LogP contribution in [0.25, 0.3) is 16.8 Å². The molecular weight excluding hydrogens is 589 g/mol. The van der Waals surface area contributed by atoms with Crippen molar-refractivity contribution in [2.24, 2.45) is 0 Å². The number of ether oxygens (including phenoxy) is 1. The average molecular weight is 623 g/mol. The number of alkyl halides is 3. The first-order chi connectivity index (χ1) is 21.6. The lowest BCUT2D eigenvalue weighted by molar-refractivity contribution is -0.137. The average Bonchev–Trinajstić information content (AvgIpc) is 3.56. The molecule has 0 spiro atoms. The van der Waals surface area contributed by atoms with E-state index in [0.29, 0.717) is 55.5 Å². The van der Waals surface area contributed by atoms with Gasteiger partial charge in [0.2, 0.25) is 0 Å². The highest BCUT2D eigenvalue weighted by Crippen LogP contribution is 2.33. The van der Waals surface area contributed by atoms with E-state index in [4.69, 9.17) is 4.74 Å². The summed E-state index contributed by atoms with van der Waals surface area (Å²) >= 11 is 0. The SMILES string of the molecule is CCOc1cncc(-c2cnn(-c3cc(C(=O)N4CCN(c5ccc(C(=O)N(CC)CC)nn5)CC4)cc(C(F)(F)F)c3)c2)c1. The van der Waals surface area contributed by atoms with Crippen molar-refractivity contribution >= 4 is 17.6 Å². The number of benzene rings is 1.